The van der Waals surface area contributed by atoms with Crippen molar-refractivity contribution in [3.8, 4) is 0 Å². The van der Waals surface area contributed by atoms with Gasteiger partial charge in [-0.3, -0.25) is 0 Å². The van der Waals surface area contributed by atoms with Crippen LogP contribution in [0.3, 0.4) is 0 Å². The summed E-state index contributed by atoms with van der Waals surface area (Å²) >= 11 is 0. The summed E-state index contributed by atoms with van der Waals surface area (Å²) in [6.45, 7) is 3.36. The van der Waals surface area contributed by atoms with E-state index in [1.165, 1.54) is 12.5 Å². The third-order valence-electron chi connectivity index (χ3n) is 1.14. The molecule has 1 aromatic heterocycles. The molecule has 0 amide bonds. The maximum Gasteiger partial charge on any atom is 0.129 e. The van der Waals surface area contributed by atoms with Crippen LogP contribution in [0.2, 0.25) is 0 Å². The minimum Gasteiger partial charge on any atom is -0.386 e. The molecule has 0 unspecified atom stereocenters. The molecular formula is C6H9NO2. The van der Waals surface area contributed by atoms with E-state index in [1.807, 2.05) is 0 Å². The predicted octanol–water partition coefficient (Wildman–Crippen LogP) is 0.902. The standard InChI is InChI=1S/C6H9NO2/c1-6(2,8)5-3-7-9-4-5/h3-4,8H,1-2H3. The van der Waals surface area contributed by atoms with E-state index < -0.39 is 5.60 Å². The third kappa shape index (κ3) is 1.29. The fourth-order valence-corrected chi connectivity index (χ4v) is 0.507. The third-order valence-corrected chi connectivity index (χ3v) is 1.14. The lowest BCUT2D eigenvalue weighted by Crippen LogP contribution is -2.13. The topological polar surface area (TPSA) is 46.3 Å². The normalized spacial score (nSPS) is 11.9. The minimum atomic E-state index is -0.833. The lowest BCUT2D eigenvalue weighted by atomic mass is 10.0. The summed E-state index contributed by atoms with van der Waals surface area (Å²) in [5.41, 5.74) is -0.137. The van der Waals surface area contributed by atoms with Crippen molar-refractivity contribution in [1.29, 1.82) is 0 Å². The van der Waals surface area contributed by atoms with Crippen LogP contribution in [0.5, 0.6) is 0 Å². The van der Waals surface area contributed by atoms with Crippen LogP contribution in [0, 0.1) is 0 Å². The Balaban J connectivity index is 2.90. The quantitative estimate of drug-likeness (QED) is 0.609. The molecule has 0 radical (unpaired) electrons. The summed E-state index contributed by atoms with van der Waals surface area (Å²) in [5.74, 6) is 0. The van der Waals surface area contributed by atoms with E-state index in [0.717, 1.165) is 0 Å². The maximum atomic E-state index is 9.28. The van der Waals surface area contributed by atoms with Gasteiger partial charge in [-0.15, -0.1) is 0 Å². The fraction of sp³-hybridized carbons (Fsp3) is 0.500. The Morgan fingerprint density at radius 3 is 2.56 bits per heavy atom. The molecule has 0 saturated carbocycles. The smallest absolute Gasteiger partial charge is 0.129 e. The summed E-state index contributed by atoms with van der Waals surface area (Å²) in [6.07, 6.45) is 2.93. The average molecular weight is 127 g/mol. The summed E-state index contributed by atoms with van der Waals surface area (Å²) in [4.78, 5) is 0. The summed E-state index contributed by atoms with van der Waals surface area (Å²) < 4.78 is 4.53. The van der Waals surface area contributed by atoms with Crippen molar-refractivity contribution < 1.29 is 9.63 Å². The molecular weight excluding hydrogens is 118 g/mol. The molecule has 0 aliphatic carbocycles. The van der Waals surface area contributed by atoms with E-state index in [0.29, 0.717) is 5.56 Å². The van der Waals surface area contributed by atoms with Gasteiger partial charge >= 0.3 is 0 Å². The summed E-state index contributed by atoms with van der Waals surface area (Å²) in [6, 6.07) is 0. The molecule has 50 valence electrons. The first-order chi connectivity index (χ1) is 4.11. The molecule has 1 rings (SSSR count). The molecule has 0 aliphatic heterocycles. The predicted molar refractivity (Wildman–Crippen MR) is 31.7 cm³/mol. The average Bonchev–Trinajstić information content (AvgIpc) is 2.08. The van der Waals surface area contributed by atoms with E-state index in [2.05, 4.69) is 9.68 Å². The van der Waals surface area contributed by atoms with Gasteiger partial charge in [0.05, 0.1) is 11.8 Å². The van der Waals surface area contributed by atoms with Crippen molar-refractivity contribution >= 4 is 0 Å². The fourth-order valence-electron chi connectivity index (χ4n) is 0.507. The first kappa shape index (κ1) is 6.29. The molecule has 0 spiro atoms. The van der Waals surface area contributed by atoms with Gasteiger partial charge in [0, 0.05) is 5.56 Å². The zero-order chi connectivity index (χ0) is 6.91. The molecule has 3 heteroatoms. The van der Waals surface area contributed by atoms with Gasteiger partial charge in [0.25, 0.3) is 0 Å². The Morgan fingerprint density at radius 1 is 1.67 bits per heavy atom. The molecule has 3 nitrogen and oxygen atoms in total. The Kier molecular flexibility index (Phi) is 1.29. The van der Waals surface area contributed by atoms with Gasteiger partial charge in [0.1, 0.15) is 6.26 Å². The lowest BCUT2D eigenvalue weighted by Gasteiger charge is -2.12. The first-order valence-corrected chi connectivity index (χ1v) is 2.73. The Bertz CT molecular complexity index is 173. The van der Waals surface area contributed by atoms with Gasteiger partial charge < -0.3 is 9.63 Å². The molecule has 0 saturated heterocycles. The first-order valence-electron chi connectivity index (χ1n) is 2.73. The molecule has 1 aromatic rings. The highest BCUT2D eigenvalue weighted by atomic mass is 16.5. The number of rotatable bonds is 1. The highest BCUT2D eigenvalue weighted by Crippen LogP contribution is 2.17. The van der Waals surface area contributed by atoms with E-state index in [1.54, 1.807) is 13.8 Å². The molecule has 1 heterocycles. The highest BCUT2D eigenvalue weighted by Gasteiger charge is 2.17. The second-order valence-electron chi connectivity index (χ2n) is 2.47. The van der Waals surface area contributed by atoms with Crippen LogP contribution in [0.4, 0.5) is 0 Å². The number of nitrogens with zero attached hydrogens (tertiary/aromatic N) is 1. The monoisotopic (exact) mass is 127 g/mol. The van der Waals surface area contributed by atoms with Crippen molar-refractivity contribution in [3.05, 3.63) is 18.0 Å². The molecule has 9 heavy (non-hydrogen) atoms. The van der Waals surface area contributed by atoms with Crippen LogP contribution in [0.1, 0.15) is 19.4 Å². The number of hydrogen-bond donors (Lipinski definition) is 1. The summed E-state index contributed by atoms with van der Waals surface area (Å²) in [5, 5.41) is 12.7. The zero-order valence-electron chi connectivity index (χ0n) is 5.46. The Morgan fingerprint density at radius 2 is 2.33 bits per heavy atom. The lowest BCUT2D eigenvalue weighted by molar-refractivity contribution is 0.0779. The molecule has 0 aliphatic rings. The van der Waals surface area contributed by atoms with Gasteiger partial charge in [0.2, 0.25) is 0 Å². The molecule has 0 atom stereocenters. The molecule has 0 fully saturated rings. The second-order valence-corrected chi connectivity index (χ2v) is 2.47. The van der Waals surface area contributed by atoms with Crippen molar-refractivity contribution in [2.45, 2.75) is 19.4 Å². The van der Waals surface area contributed by atoms with E-state index in [9.17, 15) is 5.11 Å². The SMILES string of the molecule is CC(C)(O)c1cnoc1. The van der Waals surface area contributed by atoms with Crippen LogP contribution in [0.25, 0.3) is 0 Å². The highest BCUT2D eigenvalue weighted by molar-refractivity contribution is 5.09. The van der Waals surface area contributed by atoms with Crippen LogP contribution in [0.15, 0.2) is 17.0 Å². The molecule has 0 aromatic carbocycles. The second kappa shape index (κ2) is 1.84. The van der Waals surface area contributed by atoms with Crippen molar-refractivity contribution in [1.82, 2.24) is 5.16 Å². The van der Waals surface area contributed by atoms with E-state index in [4.69, 9.17) is 0 Å². The van der Waals surface area contributed by atoms with E-state index >= 15 is 0 Å². The Labute approximate surface area is 53.3 Å². The maximum absolute atomic E-state index is 9.28. The van der Waals surface area contributed by atoms with Crippen molar-refractivity contribution in [2.24, 2.45) is 0 Å². The van der Waals surface area contributed by atoms with Crippen molar-refractivity contribution in [2.75, 3.05) is 0 Å². The van der Waals surface area contributed by atoms with Crippen molar-refractivity contribution in [3.63, 3.8) is 0 Å². The van der Waals surface area contributed by atoms with Crippen LogP contribution in [-0.2, 0) is 5.60 Å². The van der Waals surface area contributed by atoms with Gasteiger partial charge in [-0.2, -0.15) is 0 Å². The molecule has 1 N–H and O–H groups in total. The van der Waals surface area contributed by atoms with Gasteiger partial charge in [-0.25, -0.2) is 0 Å². The van der Waals surface area contributed by atoms with Gasteiger partial charge in [0.15, 0.2) is 0 Å². The number of aliphatic hydroxyl groups is 1. The van der Waals surface area contributed by atoms with Gasteiger partial charge in [-0.1, -0.05) is 5.16 Å². The summed E-state index contributed by atoms with van der Waals surface area (Å²) in [7, 11) is 0. The van der Waals surface area contributed by atoms with Gasteiger partial charge in [-0.05, 0) is 13.8 Å². The van der Waals surface area contributed by atoms with Crippen LogP contribution >= 0.6 is 0 Å². The van der Waals surface area contributed by atoms with Crippen LogP contribution < -0.4 is 0 Å². The van der Waals surface area contributed by atoms with Crippen LogP contribution in [-0.4, -0.2) is 10.3 Å². The number of aromatic nitrogens is 1. The molecule has 0 bridgehead atoms. The minimum absolute atomic E-state index is 0.697. The Hall–Kier alpha value is -0.830. The largest absolute Gasteiger partial charge is 0.386 e. The van der Waals surface area contributed by atoms with E-state index in [-0.39, 0.29) is 0 Å². The zero-order valence-corrected chi connectivity index (χ0v) is 5.46. The number of hydrogen-bond acceptors (Lipinski definition) is 3.